The second-order valence-electron chi connectivity index (χ2n) is 3.42. The Labute approximate surface area is 79.2 Å². The summed E-state index contributed by atoms with van der Waals surface area (Å²) in [5, 5.41) is 2.85. The predicted molar refractivity (Wildman–Crippen MR) is 50.5 cm³/mol. The van der Waals surface area contributed by atoms with Gasteiger partial charge in [-0.1, -0.05) is 0 Å². The van der Waals surface area contributed by atoms with Crippen molar-refractivity contribution in [3.8, 4) is 0 Å². The zero-order valence-corrected chi connectivity index (χ0v) is 8.38. The summed E-state index contributed by atoms with van der Waals surface area (Å²) in [6.07, 6.45) is 2.11. The van der Waals surface area contributed by atoms with Crippen molar-refractivity contribution >= 4 is 5.91 Å². The van der Waals surface area contributed by atoms with Gasteiger partial charge in [-0.15, -0.1) is 0 Å². The molecule has 0 aromatic heterocycles. The Morgan fingerprint density at radius 3 is 3.00 bits per heavy atom. The van der Waals surface area contributed by atoms with Gasteiger partial charge in [-0.25, -0.2) is 0 Å². The summed E-state index contributed by atoms with van der Waals surface area (Å²) in [7, 11) is 3.63. The molecule has 0 saturated carbocycles. The highest BCUT2D eigenvalue weighted by Gasteiger charge is 2.26. The Bertz CT molecular complexity index is 173. The second-order valence-corrected chi connectivity index (χ2v) is 3.42. The van der Waals surface area contributed by atoms with Crippen molar-refractivity contribution < 1.29 is 9.53 Å². The van der Waals surface area contributed by atoms with E-state index in [2.05, 4.69) is 10.2 Å². The van der Waals surface area contributed by atoms with E-state index in [-0.39, 0.29) is 11.9 Å². The van der Waals surface area contributed by atoms with Crippen molar-refractivity contribution in [1.29, 1.82) is 0 Å². The zero-order chi connectivity index (χ0) is 9.68. The number of hydrogen-bond acceptors (Lipinski definition) is 3. The van der Waals surface area contributed by atoms with Crippen LogP contribution < -0.4 is 5.32 Å². The van der Waals surface area contributed by atoms with E-state index in [1.54, 1.807) is 7.11 Å². The fourth-order valence-corrected chi connectivity index (χ4v) is 1.64. The van der Waals surface area contributed by atoms with Gasteiger partial charge in [0.15, 0.2) is 0 Å². The van der Waals surface area contributed by atoms with Gasteiger partial charge in [-0.05, 0) is 26.4 Å². The summed E-state index contributed by atoms with van der Waals surface area (Å²) in [5.74, 6) is 0.136. The monoisotopic (exact) mass is 186 g/mol. The minimum Gasteiger partial charge on any atom is -0.383 e. The molecule has 0 radical (unpaired) electrons. The highest BCUT2D eigenvalue weighted by molar-refractivity contribution is 5.81. The Morgan fingerprint density at radius 2 is 2.46 bits per heavy atom. The molecule has 1 unspecified atom stereocenters. The third-order valence-corrected chi connectivity index (χ3v) is 2.43. The van der Waals surface area contributed by atoms with Gasteiger partial charge in [0.25, 0.3) is 0 Å². The fraction of sp³-hybridized carbons (Fsp3) is 0.889. The minimum absolute atomic E-state index is 0.0804. The van der Waals surface area contributed by atoms with E-state index in [0.717, 1.165) is 19.4 Å². The largest absolute Gasteiger partial charge is 0.383 e. The Morgan fingerprint density at radius 1 is 1.69 bits per heavy atom. The molecule has 1 heterocycles. The lowest BCUT2D eigenvalue weighted by atomic mass is 10.2. The smallest absolute Gasteiger partial charge is 0.237 e. The number of likely N-dealkylation sites (tertiary alicyclic amines) is 1. The van der Waals surface area contributed by atoms with Gasteiger partial charge in [0.2, 0.25) is 5.91 Å². The van der Waals surface area contributed by atoms with Crippen LogP contribution in [0.2, 0.25) is 0 Å². The molecule has 1 saturated heterocycles. The Kier molecular flexibility index (Phi) is 4.18. The van der Waals surface area contributed by atoms with Gasteiger partial charge in [0.1, 0.15) is 0 Å². The van der Waals surface area contributed by atoms with Crippen molar-refractivity contribution in [2.75, 3.05) is 33.9 Å². The molecule has 0 aromatic rings. The van der Waals surface area contributed by atoms with Crippen molar-refractivity contribution in [2.24, 2.45) is 0 Å². The highest BCUT2D eigenvalue weighted by Crippen LogP contribution is 2.14. The van der Waals surface area contributed by atoms with E-state index in [1.165, 1.54) is 0 Å². The van der Waals surface area contributed by atoms with Gasteiger partial charge in [0.05, 0.1) is 12.6 Å². The maximum atomic E-state index is 11.5. The van der Waals surface area contributed by atoms with Crippen LogP contribution in [-0.2, 0) is 9.53 Å². The first-order valence-electron chi connectivity index (χ1n) is 4.72. The number of ether oxygens (including phenoxy) is 1. The molecule has 1 aliphatic heterocycles. The average Bonchev–Trinajstić information content (AvgIpc) is 2.52. The Balaban J connectivity index is 2.22. The molecule has 1 N–H and O–H groups in total. The number of carbonyl (C=O) groups is 1. The lowest BCUT2D eigenvalue weighted by Crippen LogP contribution is -2.42. The first-order valence-corrected chi connectivity index (χ1v) is 4.72. The molecule has 4 nitrogen and oxygen atoms in total. The lowest BCUT2D eigenvalue weighted by Gasteiger charge is -2.18. The number of likely N-dealkylation sites (N-methyl/N-ethyl adjacent to an activating group) is 1. The lowest BCUT2D eigenvalue weighted by molar-refractivity contribution is -0.125. The first kappa shape index (κ1) is 10.5. The van der Waals surface area contributed by atoms with Crippen molar-refractivity contribution in [2.45, 2.75) is 18.9 Å². The van der Waals surface area contributed by atoms with Crippen molar-refractivity contribution in [3.63, 3.8) is 0 Å². The topological polar surface area (TPSA) is 41.6 Å². The molecule has 13 heavy (non-hydrogen) atoms. The number of amides is 1. The summed E-state index contributed by atoms with van der Waals surface area (Å²) in [6, 6.07) is 0.0804. The number of methoxy groups -OCH3 is 1. The van der Waals surface area contributed by atoms with Crippen LogP contribution in [0.25, 0.3) is 0 Å². The minimum atomic E-state index is 0.0804. The van der Waals surface area contributed by atoms with Crippen LogP contribution in [0.15, 0.2) is 0 Å². The fourth-order valence-electron chi connectivity index (χ4n) is 1.64. The molecule has 0 bridgehead atoms. The van der Waals surface area contributed by atoms with Crippen LogP contribution in [0.3, 0.4) is 0 Å². The van der Waals surface area contributed by atoms with E-state index >= 15 is 0 Å². The predicted octanol–water partition coefficient (Wildman–Crippen LogP) is -0.157. The summed E-state index contributed by atoms with van der Waals surface area (Å²) in [4.78, 5) is 13.6. The molecule has 4 heteroatoms. The van der Waals surface area contributed by atoms with E-state index in [4.69, 9.17) is 4.74 Å². The van der Waals surface area contributed by atoms with Crippen LogP contribution >= 0.6 is 0 Å². The van der Waals surface area contributed by atoms with Crippen LogP contribution in [-0.4, -0.2) is 50.7 Å². The summed E-state index contributed by atoms with van der Waals surface area (Å²) >= 11 is 0. The van der Waals surface area contributed by atoms with Crippen LogP contribution in [0, 0.1) is 0 Å². The van der Waals surface area contributed by atoms with Gasteiger partial charge < -0.3 is 10.1 Å². The van der Waals surface area contributed by atoms with Gasteiger partial charge >= 0.3 is 0 Å². The van der Waals surface area contributed by atoms with E-state index < -0.39 is 0 Å². The van der Waals surface area contributed by atoms with E-state index in [0.29, 0.717) is 13.2 Å². The quantitative estimate of drug-likeness (QED) is 0.620. The number of carbonyl (C=O) groups excluding carboxylic acids is 1. The number of nitrogens with zero attached hydrogens (tertiary/aromatic N) is 1. The number of hydrogen-bond donors (Lipinski definition) is 1. The number of nitrogens with one attached hydrogen (secondary N) is 1. The molecule has 0 aromatic carbocycles. The third-order valence-electron chi connectivity index (χ3n) is 2.43. The first-order chi connectivity index (χ1) is 6.25. The molecule has 1 fully saturated rings. The maximum absolute atomic E-state index is 11.5. The van der Waals surface area contributed by atoms with Crippen molar-refractivity contribution in [1.82, 2.24) is 10.2 Å². The number of rotatable bonds is 4. The third kappa shape index (κ3) is 2.97. The summed E-state index contributed by atoms with van der Waals surface area (Å²) < 4.78 is 4.85. The van der Waals surface area contributed by atoms with Crippen LogP contribution in [0.1, 0.15) is 12.8 Å². The molecule has 1 amide bonds. The highest BCUT2D eigenvalue weighted by atomic mass is 16.5. The second kappa shape index (κ2) is 5.19. The zero-order valence-electron chi connectivity index (χ0n) is 8.38. The molecule has 76 valence electrons. The molecule has 1 rings (SSSR count). The molecule has 1 atom stereocenters. The van der Waals surface area contributed by atoms with Crippen LogP contribution in [0.4, 0.5) is 0 Å². The molecule has 1 aliphatic rings. The summed E-state index contributed by atoms with van der Waals surface area (Å²) in [5.41, 5.74) is 0. The molecular formula is C9H18N2O2. The van der Waals surface area contributed by atoms with E-state index in [1.807, 2.05) is 7.05 Å². The Hall–Kier alpha value is -0.610. The van der Waals surface area contributed by atoms with E-state index in [9.17, 15) is 4.79 Å². The normalized spacial score (nSPS) is 23.4. The standard InChI is InChI=1S/C9H18N2O2/c1-11-6-3-4-8(11)9(12)10-5-7-13-2/h8H,3-7H2,1-2H3,(H,10,12). The van der Waals surface area contributed by atoms with Crippen molar-refractivity contribution in [3.05, 3.63) is 0 Å². The summed E-state index contributed by atoms with van der Waals surface area (Å²) in [6.45, 7) is 2.23. The van der Waals surface area contributed by atoms with Gasteiger partial charge in [0, 0.05) is 13.7 Å². The maximum Gasteiger partial charge on any atom is 0.237 e. The SMILES string of the molecule is COCCNC(=O)C1CCCN1C. The average molecular weight is 186 g/mol. The van der Waals surface area contributed by atoms with Gasteiger partial charge in [-0.2, -0.15) is 0 Å². The van der Waals surface area contributed by atoms with Crippen LogP contribution in [0.5, 0.6) is 0 Å². The van der Waals surface area contributed by atoms with Gasteiger partial charge in [-0.3, -0.25) is 9.69 Å². The molecule has 0 spiro atoms. The molecule has 0 aliphatic carbocycles. The molecular weight excluding hydrogens is 168 g/mol.